The number of anilines is 1. The largest absolute Gasteiger partial charge is 0.399 e. The lowest BCUT2D eigenvalue weighted by Crippen LogP contribution is -1.88. The van der Waals surface area contributed by atoms with Crippen molar-refractivity contribution >= 4 is 63.2 Å². The molecule has 10 nitrogen and oxygen atoms in total. The van der Waals surface area contributed by atoms with E-state index in [0.717, 1.165) is 16.8 Å². The van der Waals surface area contributed by atoms with Gasteiger partial charge in [0.25, 0.3) is 5.69 Å². The molecule has 0 amide bonds. The van der Waals surface area contributed by atoms with Gasteiger partial charge in [-0.05, 0) is 36.3 Å². The molecule has 12 heteroatoms. The van der Waals surface area contributed by atoms with Crippen molar-refractivity contribution in [2.45, 2.75) is 0 Å². The number of nitrogen functional groups attached to an aromatic ring is 1. The summed E-state index contributed by atoms with van der Waals surface area (Å²) in [5, 5.41) is 19.7. The van der Waals surface area contributed by atoms with E-state index < -0.39 is 4.92 Å². The van der Waals surface area contributed by atoms with Gasteiger partial charge in [0.15, 0.2) is 17.3 Å². The Bertz CT molecular complexity index is 1180. The second kappa shape index (κ2) is 9.20. The van der Waals surface area contributed by atoms with Crippen molar-refractivity contribution in [2.75, 3.05) is 5.73 Å². The summed E-state index contributed by atoms with van der Waals surface area (Å²) in [6.07, 6.45) is 0. The fraction of sp³-hybridized carbons (Fsp3) is 0. The van der Waals surface area contributed by atoms with E-state index in [1.165, 1.54) is 12.1 Å². The Balaban J connectivity index is 0.000000203. The molecule has 0 saturated heterocycles. The maximum absolute atomic E-state index is 10.3. The van der Waals surface area contributed by atoms with Crippen LogP contribution in [0.25, 0.3) is 20.5 Å². The zero-order valence-corrected chi connectivity index (χ0v) is 16.0. The Morgan fingerprint density at radius 3 is 2.11 bits per heavy atom. The van der Waals surface area contributed by atoms with Crippen LogP contribution in [0.5, 0.6) is 0 Å². The number of fused-ring (bicyclic) bond motifs is 1. The fourth-order valence-corrected chi connectivity index (χ4v) is 2.45. The van der Waals surface area contributed by atoms with E-state index in [4.69, 9.17) is 18.9 Å². The number of rotatable bonds is 3. The first-order valence-corrected chi connectivity index (χ1v) is 8.18. The highest BCUT2D eigenvalue weighted by atomic mass is 31.0. The van der Waals surface area contributed by atoms with Crippen molar-refractivity contribution in [1.82, 2.24) is 10.2 Å². The van der Waals surface area contributed by atoms with Crippen molar-refractivity contribution in [3.05, 3.63) is 69.3 Å². The molecule has 3 rings (SSSR count). The number of nitro benzene ring substituents is 1. The number of non-ortho nitro benzene ring substituents is 1. The summed E-state index contributed by atoms with van der Waals surface area (Å²) < 4.78 is 7.67. The molecular formula is C16H10N8O2P2. The van der Waals surface area contributed by atoms with Gasteiger partial charge in [0.1, 0.15) is 0 Å². The maximum Gasteiger partial charge on any atom is 0.256 e. The minimum absolute atomic E-state index is 0.0178. The molecule has 3 aromatic rings. The second-order valence-electron chi connectivity index (χ2n) is 5.03. The van der Waals surface area contributed by atoms with Gasteiger partial charge in [-0.25, -0.2) is 14.3 Å². The number of nitrogens with two attached hydrogens (primary N) is 1. The molecule has 0 bridgehead atoms. The average molecular weight is 408 g/mol. The molecule has 2 N–H and O–H groups in total. The molecule has 0 aliphatic rings. The maximum atomic E-state index is 10.3. The highest BCUT2D eigenvalue weighted by Crippen LogP contribution is 2.32. The summed E-state index contributed by atoms with van der Waals surface area (Å²) >= 11 is 0. The van der Waals surface area contributed by atoms with E-state index >= 15 is 0 Å². The fourth-order valence-electron chi connectivity index (χ4n) is 2.12. The van der Waals surface area contributed by atoms with E-state index in [1.807, 2.05) is 6.07 Å². The van der Waals surface area contributed by atoms with E-state index in [-0.39, 0.29) is 17.1 Å². The lowest BCUT2D eigenvalue weighted by atomic mass is 10.1. The molecule has 0 aliphatic carbocycles. The van der Waals surface area contributed by atoms with Crippen LogP contribution in [0.4, 0.5) is 34.4 Å². The number of nitro groups is 1. The third-order valence-corrected chi connectivity index (χ3v) is 3.81. The zero-order valence-electron chi connectivity index (χ0n) is 14.0. The van der Waals surface area contributed by atoms with Gasteiger partial charge in [-0.3, -0.25) is 15.0 Å². The molecule has 0 fully saturated rings. The summed E-state index contributed by atoms with van der Waals surface area (Å²) in [7, 11) is 6.08. The number of nitrogens with zero attached hydrogens (tertiary/aromatic N) is 7. The molecule has 2 aromatic carbocycles. The van der Waals surface area contributed by atoms with Crippen molar-refractivity contribution < 1.29 is 4.92 Å². The van der Waals surface area contributed by atoms with Crippen LogP contribution >= 0.6 is 18.1 Å². The molecule has 0 radical (unpaired) electrons. The van der Waals surface area contributed by atoms with Crippen molar-refractivity contribution in [1.29, 1.82) is 0 Å². The van der Waals surface area contributed by atoms with Gasteiger partial charge < -0.3 is 5.73 Å². The van der Waals surface area contributed by atoms with Gasteiger partial charge in [-0.1, -0.05) is 6.07 Å². The van der Waals surface area contributed by atoms with Crippen molar-refractivity contribution in [3.63, 3.8) is 0 Å². The van der Waals surface area contributed by atoms with Gasteiger partial charge in [-0.2, -0.15) is 0 Å². The average Bonchev–Trinajstić information content (AvgIpc) is 2.72. The Morgan fingerprint density at radius 1 is 0.964 bits per heavy atom. The number of hydrogen-bond acceptors (Lipinski definition) is 7. The van der Waals surface area contributed by atoms with Crippen molar-refractivity contribution in [3.8, 4) is 0 Å². The van der Waals surface area contributed by atoms with Crippen LogP contribution in [0.3, 0.4) is 0 Å². The highest BCUT2D eigenvalue weighted by molar-refractivity contribution is 7.04. The van der Waals surface area contributed by atoms with Crippen molar-refractivity contribution in [2.24, 2.45) is 9.49 Å². The summed E-state index contributed by atoms with van der Waals surface area (Å²) in [5.74, 6) is 0.980. The quantitative estimate of drug-likeness (QED) is 0.192. The van der Waals surface area contributed by atoms with Gasteiger partial charge in [0.2, 0.25) is 5.69 Å². The molecular weight excluding hydrogens is 398 g/mol. The smallest absolute Gasteiger partial charge is 0.256 e. The first-order valence-electron chi connectivity index (χ1n) is 7.29. The SMILES string of the molecule is Nc1ccc2c(N=P)nnc(N=P)c2c1.[C-]#[N+]c1ccc([N+](=O)[O-])cc1[N+]#[C-]. The molecule has 0 atom stereocenters. The zero-order chi connectivity index (χ0) is 20.7. The molecule has 28 heavy (non-hydrogen) atoms. The molecule has 1 aromatic heterocycles. The number of benzene rings is 2. The van der Waals surface area contributed by atoms with Crippen LogP contribution in [0.15, 0.2) is 45.9 Å². The van der Waals surface area contributed by atoms with Crippen LogP contribution in [-0.2, 0) is 0 Å². The third-order valence-electron chi connectivity index (χ3n) is 3.39. The number of aromatic nitrogens is 2. The Kier molecular flexibility index (Phi) is 6.73. The van der Waals surface area contributed by atoms with Crippen LogP contribution in [0, 0.1) is 23.3 Å². The monoisotopic (exact) mass is 408 g/mol. The molecule has 136 valence electrons. The van der Waals surface area contributed by atoms with E-state index in [9.17, 15) is 10.1 Å². The third kappa shape index (κ3) is 4.46. The highest BCUT2D eigenvalue weighted by Gasteiger charge is 2.10. The van der Waals surface area contributed by atoms with Crippen LogP contribution in [0.2, 0.25) is 0 Å². The molecule has 0 spiro atoms. The van der Waals surface area contributed by atoms with Crippen LogP contribution in [0.1, 0.15) is 0 Å². The summed E-state index contributed by atoms with van der Waals surface area (Å²) in [6, 6.07) is 8.98. The lowest BCUT2D eigenvalue weighted by Gasteiger charge is -2.02. The Hall–Kier alpha value is -3.84. The van der Waals surface area contributed by atoms with E-state index in [0.29, 0.717) is 17.3 Å². The summed E-state index contributed by atoms with van der Waals surface area (Å²) in [6.45, 7) is 13.4. The standard InChI is InChI=1S/C8H7N5P2.C8H3N3O2/c9-4-1-2-5-6(3-4)8(13-15)11-10-7(5)12-14;1-9-7-4-3-6(11(12)13)5-8(7)10-2/h1-3,14-15H,9H2;3-5H. The van der Waals surface area contributed by atoms with E-state index in [2.05, 4.69) is 47.4 Å². The predicted molar refractivity (Wildman–Crippen MR) is 110 cm³/mol. The summed E-state index contributed by atoms with van der Waals surface area (Å²) in [4.78, 5) is 15.8. The molecule has 1 heterocycles. The topological polar surface area (TPSA) is 128 Å². The van der Waals surface area contributed by atoms with Gasteiger partial charge >= 0.3 is 0 Å². The lowest BCUT2D eigenvalue weighted by molar-refractivity contribution is -0.384. The predicted octanol–water partition coefficient (Wildman–Crippen LogP) is 5.82. The van der Waals surface area contributed by atoms with Gasteiger partial charge in [-0.15, -0.1) is 10.2 Å². The molecule has 0 unspecified atom stereocenters. The minimum atomic E-state index is -0.595. The summed E-state index contributed by atoms with van der Waals surface area (Å²) in [5.41, 5.74) is 6.32. The second-order valence-corrected chi connectivity index (χ2v) is 5.48. The molecule has 0 aliphatic heterocycles. The molecule has 0 saturated carbocycles. The first-order chi connectivity index (χ1) is 13.4. The Labute approximate surface area is 163 Å². The normalized spacial score (nSPS) is 9.36. The van der Waals surface area contributed by atoms with E-state index in [1.54, 1.807) is 12.1 Å². The first kappa shape index (κ1) is 20.5. The Morgan fingerprint density at radius 2 is 1.57 bits per heavy atom. The van der Waals surface area contributed by atoms with Gasteiger partial charge in [0.05, 0.1) is 18.1 Å². The van der Waals surface area contributed by atoms with Crippen LogP contribution in [-0.4, -0.2) is 15.1 Å². The van der Waals surface area contributed by atoms with Crippen LogP contribution < -0.4 is 5.73 Å². The van der Waals surface area contributed by atoms with Gasteiger partial charge in [0, 0.05) is 28.6 Å². The minimum Gasteiger partial charge on any atom is -0.399 e. The number of hydrogen-bond donors (Lipinski definition) is 1.